The molecule has 1 N–H and O–H groups in total. The smallest absolute Gasteiger partial charge is 0.306 e. The summed E-state index contributed by atoms with van der Waals surface area (Å²) in [7, 11) is 1.18. The Kier molecular flexibility index (Phi) is 44.3. The number of hydrogen-bond donors (Lipinski definition) is 1. The molecule has 0 aliphatic rings. The third kappa shape index (κ3) is 46.9. The molecule has 0 aliphatic carbocycles. The Morgan fingerprint density at radius 2 is 0.985 bits per heavy atom. The van der Waals surface area contributed by atoms with Gasteiger partial charge in [0.05, 0.1) is 33.8 Å². The van der Waals surface area contributed by atoms with E-state index in [1.807, 2.05) is 33.3 Å². The van der Waals surface area contributed by atoms with Crippen LogP contribution >= 0.6 is 7.82 Å². The number of carbonyl (C=O) groups excluding carboxylic acids is 2. The first-order valence-corrected chi connectivity index (χ1v) is 28.4. The van der Waals surface area contributed by atoms with E-state index < -0.39 is 26.6 Å². The van der Waals surface area contributed by atoms with Crippen molar-refractivity contribution < 1.29 is 37.3 Å². The summed E-state index contributed by atoms with van der Waals surface area (Å²) in [4.78, 5) is 39.7. The number of rotatable bonds is 48. The number of phosphoric ester groups is 1. The van der Waals surface area contributed by atoms with Gasteiger partial charge >= 0.3 is 5.97 Å². The van der Waals surface area contributed by atoms with Gasteiger partial charge < -0.3 is 28.5 Å². The number of hydrogen-bond acceptors (Lipinski definition) is 7. The van der Waals surface area contributed by atoms with E-state index >= 15 is 0 Å². The fourth-order valence-corrected chi connectivity index (χ4v) is 8.36. The largest absolute Gasteiger partial charge is 0.756 e. The molecule has 65 heavy (non-hydrogen) atoms. The van der Waals surface area contributed by atoms with Crippen LogP contribution in [0.4, 0.5) is 0 Å². The van der Waals surface area contributed by atoms with E-state index in [-0.39, 0.29) is 24.9 Å². The van der Waals surface area contributed by atoms with Crippen LogP contribution in [0.15, 0.2) is 48.6 Å². The van der Waals surface area contributed by atoms with Gasteiger partial charge in [-0.05, 0) is 51.0 Å². The molecule has 0 aromatic heterocycles. The number of phosphoric acid groups is 1. The van der Waals surface area contributed by atoms with Gasteiger partial charge in [0.2, 0.25) is 5.91 Å². The molecule has 0 saturated carbocycles. The molecule has 380 valence electrons. The summed E-state index contributed by atoms with van der Waals surface area (Å²) in [6.45, 7) is 6.69. The van der Waals surface area contributed by atoms with Crippen LogP contribution in [-0.2, 0) is 27.9 Å². The maximum Gasteiger partial charge on any atom is 0.306 e. The predicted octanol–water partition coefficient (Wildman–Crippen LogP) is 15.1. The second-order valence-corrected chi connectivity index (χ2v) is 20.8. The number of nitrogens with zero attached hydrogens (tertiary/aromatic N) is 1. The van der Waals surface area contributed by atoms with E-state index in [0.717, 1.165) is 77.0 Å². The van der Waals surface area contributed by atoms with Gasteiger partial charge in [-0.3, -0.25) is 14.2 Å². The monoisotopic (exact) mass is 935 g/mol. The summed E-state index contributed by atoms with van der Waals surface area (Å²) in [5.74, 6) is -0.552. The van der Waals surface area contributed by atoms with Crippen LogP contribution in [0.2, 0.25) is 0 Å². The van der Waals surface area contributed by atoms with Crippen LogP contribution in [0, 0.1) is 0 Å². The number of quaternary nitrogens is 1. The highest BCUT2D eigenvalue weighted by atomic mass is 31.2. The Morgan fingerprint density at radius 3 is 1.46 bits per heavy atom. The lowest BCUT2D eigenvalue weighted by atomic mass is 10.0. The maximum atomic E-state index is 13.4. The first kappa shape index (κ1) is 63.0. The average Bonchev–Trinajstić information content (AvgIpc) is 3.26. The zero-order valence-corrected chi connectivity index (χ0v) is 44.1. The van der Waals surface area contributed by atoms with Crippen LogP contribution in [0.3, 0.4) is 0 Å². The fraction of sp³-hybridized carbons (Fsp3) is 0.818. The number of carbonyl (C=O) groups is 2. The molecule has 0 spiro atoms. The van der Waals surface area contributed by atoms with E-state index in [4.69, 9.17) is 13.8 Å². The molecule has 9 nitrogen and oxygen atoms in total. The molecule has 0 aliphatic heterocycles. The van der Waals surface area contributed by atoms with E-state index in [2.05, 4.69) is 62.5 Å². The summed E-state index contributed by atoms with van der Waals surface area (Å²) in [5.41, 5.74) is 0. The lowest BCUT2D eigenvalue weighted by Gasteiger charge is -2.30. The van der Waals surface area contributed by atoms with Crippen LogP contribution < -0.4 is 10.2 Å². The molecule has 10 heteroatoms. The van der Waals surface area contributed by atoms with E-state index in [1.165, 1.54) is 128 Å². The van der Waals surface area contributed by atoms with Crippen LogP contribution in [0.25, 0.3) is 0 Å². The second kappa shape index (κ2) is 45.7. The molecular weight excluding hydrogens is 832 g/mol. The van der Waals surface area contributed by atoms with Gasteiger partial charge in [-0.1, -0.05) is 224 Å². The third-order valence-electron chi connectivity index (χ3n) is 11.8. The van der Waals surface area contributed by atoms with Crippen LogP contribution in [0.5, 0.6) is 0 Å². The van der Waals surface area contributed by atoms with Gasteiger partial charge in [0.25, 0.3) is 7.82 Å². The molecule has 3 atom stereocenters. The summed E-state index contributed by atoms with van der Waals surface area (Å²) < 4.78 is 30.1. The first-order valence-electron chi connectivity index (χ1n) is 27.0. The van der Waals surface area contributed by atoms with Crippen LogP contribution in [-0.4, -0.2) is 69.4 Å². The third-order valence-corrected chi connectivity index (χ3v) is 12.8. The minimum atomic E-state index is -4.69. The topological polar surface area (TPSA) is 114 Å². The maximum absolute atomic E-state index is 13.4. The Bertz CT molecular complexity index is 1260. The fourth-order valence-electron chi connectivity index (χ4n) is 7.64. The highest BCUT2D eigenvalue weighted by molar-refractivity contribution is 7.45. The van der Waals surface area contributed by atoms with Crippen molar-refractivity contribution in [1.82, 2.24) is 5.32 Å². The van der Waals surface area contributed by atoms with E-state index in [0.29, 0.717) is 17.4 Å². The molecule has 0 aromatic carbocycles. The van der Waals surface area contributed by atoms with Gasteiger partial charge in [0.1, 0.15) is 19.3 Å². The molecular formula is C55H103N2O7P. The number of allylic oxidation sites excluding steroid dienone is 7. The molecule has 0 saturated heterocycles. The minimum Gasteiger partial charge on any atom is -0.756 e. The van der Waals surface area contributed by atoms with Gasteiger partial charge in [-0.25, -0.2) is 0 Å². The van der Waals surface area contributed by atoms with Crippen molar-refractivity contribution >= 4 is 19.7 Å². The first-order chi connectivity index (χ1) is 31.4. The zero-order chi connectivity index (χ0) is 48.0. The van der Waals surface area contributed by atoms with Crippen molar-refractivity contribution in [2.24, 2.45) is 0 Å². The zero-order valence-electron chi connectivity index (χ0n) is 43.2. The van der Waals surface area contributed by atoms with Crippen molar-refractivity contribution in [3.63, 3.8) is 0 Å². The van der Waals surface area contributed by atoms with Crippen molar-refractivity contribution in [2.45, 2.75) is 251 Å². The van der Waals surface area contributed by atoms with E-state index in [1.54, 1.807) is 0 Å². The summed E-state index contributed by atoms with van der Waals surface area (Å²) >= 11 is 0. The molecule has 0 radical (unpaired) electrons. The molecule has 1 amide bonds. The van der Waals surface area contributed by atoms with Gasteiger partial charge in [-0.15, -0.1) is 0 Å². The lowest BCUT2D eigenvalue weighted by molar-refractivity contribution is -0.870. The highest BCUT2D eigenvalue weighted by Gasteiger charge is 2.27. The molecule has 3 unspecified atom stereocenters. The van der Waals surface area contributed by atoms with Crippen molar-refractivity contribution in [1.29, 1.82) is 0 Å². The Morgan fingerprint density at radius 1 is 0.554 bits per heavy atom. The molecule has 0 heterocycles. The second-order valence-electron chi connectivity index (χ2n) is 19.4. The highest BCUT2D eigenvalue weighted by Crippen LogP contribution is 2.38. The number of ether oxygens (including phenoxy) is 1. The number of amides is 1. The number of esters is 1. The molecule has 0 bridgehead atoms. The van der Waals surface area contributed by atoms with Gasteiger partial charge in [0.15, 0.2) is 0 Å². The van der Waals surface area contributed by atoms with Gasteiger partial charge in [-0.2, -0.15) is 0 Å². The average molecular weight is 935 g/mol. The summed E-state index contributed by atoms with van der Waals surface area (Å²) in [5, 5.41) is 3.01. The Labute approximate surface area is 401 Å². The number of unbranched alkanes of at least 4 members (excludes halogenated alkanes) is 28. The van der Waals surface area contributed by atoms with E-state index in [9.17, 15) is 19.0 Å². The Balaban J connectivity index is 5.38. The van der Waals surface area contributed by atoms with Crippen molar-refractivity contribution in [3.05, 3.63) is 48.6 Å². The Hall–Kier alpha value is -2.03. The molecule has 0 fully saturated rings. The molecule has 0 rings (SSSR count). The minimum absolute atomic E-state index is 0.0238. The lowest BCUT2D eigenvalue weighted by Crippen LogP contribution is -2.47. The van der Waals surface area contributed by atoms with Crippen molar-refractivity contribution in [3.8, 4) is 0 Å². The van der Waals surface area contributed by atoms with Crippen molar-refractivity contribution in [2.75, 3.05) is 40.9 Å². The normalized spacial score (nSPS) is 14.3. The predicted molar refractivity (Wildman–Crippen MR) is 275 cm³/mol. The summed E-state index contributed by atoms with van der Waals surface area (Å²) in [6, 6.07) is -0.888. The quantitative estimate of drug-likeness (QED) is 0.0161. The van der Waals surface area contributed by atoms with Gasteiger partial charge in [0, 0.05) is 12.8 Å². The molecule has 0 aromatic rings. The number of likely N-dealkylation sites (N-methyl/N-ethyl adjacent to an activating group) is 1. The van der Waals surface area contributed by atoms with Crippen LogP contribution in [0.1, 0.15) is 239 Å². The number of nitrogens with one attached hydrogen (secondary N) is 1. The SMILES string of the molecule is CC/C=C/C=C/C=C/CCCCCCCCCC(=O)OC(/C=C/CCCCCCCCCCC)C(COP(=O)([O-])OCC[N+](C)(C)C)NC(=O)CCCCCCCCCCCCCCC. The standard InChI is InChI=1S/C55H103N2O7P/c1-7-10-13-16-19-22-25-27-28-30-33-36-39-42-45-48-55(59)64-53(46-43-40-37-34-31-24-21-18-15-12-9-3)52(51-63-65(60,61)62-50-49-57(4,5)6)56-54(58)47-44-41-38-35-32-29-26-23-20-17-14-11-8-2/h10,13,16,19,22,25,43,46,52-53H,7-9,11-12,14-15,17-18,20-21,23-24,26-42,44-45,47-51H2,1-6H3,(H-,56,58,60,61)/b13-10+,19-16+,25-22+,46-43+. The summed E-state index contributed by atoms with van der Waals surface area (Å²) in [6.07, 6.45) is 53.5.